The van der Waals surface area contributed by atoms with Gasteiger partial charge in [0, 0.05) is 19.4 Å². The van der Waals surface area contributed by atoms with Crippen LogP contribution in [0.4, 0.5) is 0 Å². The lowest BCUT2D eigenvalue weighted by atomic mass is 10.4. The molecule has 3 heteroatoms. The standard InChI is InChI=1S/C6H8N2O/c1-8-3-2-7-6(8)5-4-9-5/h2-3,5H,4H2,1H3/t5-/m0/s1. The topological polar surface area (TPSA) is 30.4 Å². The van der Waals surface area contributed by atoms with Gasteiger partial charge < -0.3 is 9.30 Å². The molecule has 0 N–H and O–H groups in total. The molecule has 1 aliphatic heterocycles. The van der Waals surface area contributed by atoms with Gasteiger partial charge in [-0.15, -0.1) is 0 Å². The molecule has 0 aliphatic carbocycles. The first-order valence-electron chi connectivity index (χ1n) is 2.97. The van der Waals surface area contributed by atoms with Crippen molar-refractivity contribution in [1.82, 2.24) is 9.55 Å². The molecule has 2 heterocycles. The van der Waals surface area contributed by atoms with Gasteiger partial charge in [-0.05, 0) is 0 Å². The van der Waals surface area contributed by atoms with Crippen LogP contribution >= 0.6 is 0 Å². The first-order valence-corrected chi connectivity index (χ1v) is 2.97. The normalized spacial score (nSPS) is 24.3. The molecular formula is C6H8N2O. The summed E-state index contributed by atoms with van der Waals surface area (Å²) in [4.78, 5) is 4.12. The fourth-order valence-corrected chi connectivity index (χ4v) is 0.885. The van der Waals surface area contributed by atoms with E-state index in [9.17, 15) is 0 Å². The van der Waals surface area contributed by atoms with E-state index in [1.807, 2.05) is 17.8 Å². The predicted molar refractivity (Wildman–Crippen MR) is 31.9 cm³/mol. The number of aromatic nitrogens is 2. The van der Waals surface area contributed by atoms with Crippen molar-refractivity contribution in [3.63, 3.8) is 0 Å². The Bertz CT molecular complexity index is 215. The van der Waals surface area contributed by atoms with Crippen molar-refractivity contribution in [3.8, 4) is 0 Å². The maximum atomic E-state index is 5.05. The Hall–Kier alpha value is -0.830. The quantitative estimate of drug-likeness (QED) is 0.510. The van der Waals surface area contributed by atoms with Gasteiger partial charge in [-0.3, -0.25) is 0 Å². The Kier molecular flexibility index (Phi) is 0.873. The van der Waals surface area contributed by atoms with Crippen LogP contribution in [0.1, 0.15) is 11.9 Å². The number of epoxide rings is 1. The molecule has 1 saturated heterocycles. The number of hydrogen-bond acceptors (Lipinski definition) is 2. The minimum Gasteiger partial charge on any atom is -0.365 e. The molecule has 0 spiro atoms. The molecule has 0 radical (unpaired) electrons. The molecule has 0 aromatic carbocycles. The van der Waals surface area contributed by atoms with Gasteiger partial charge in [-0.2, -0.15) is 0 Å². The smallest absolute Gasteiger partial charge is 0.140 e. The van der Waals surface area contributed by atoms with Crippen molar-refractivity contribution >= 4 is 0 Å². The summed E-state index contributed by atoms with van der Waals surface area (Å²) in [5, 5.41) is 0. The molecule has 1 aromatic rings. The molecule has 1 fully saturated rings. The predicted octanol–water partition coefficient (Wildman–Crippen LogP) is 0.491. The highest BCUT2D eigenvalue weighted by Gasteiger charge is 2.28. The van der Waals surface area contributed by atoms with Crippen molar-refractivity contribution < 1.29 is 4.74 Å². The molecule has 0 bridgehead atoms. The van der Waals surface area contributed by atoms with E-state index in [4.69, 9.17) is 4.74 Å². The molecule has 2 rings (SSSR count). The van der Waals surface area contributed by atoms with E-state index in [0.29, 0.717) is 0 Å². The Balaban J connectivity index is 2.35. The second-order valence-electron chi connectivity index (χ2n) is 2.22. The number of imidazole rings is 1. The molecule has 0 amide bonds. The zero-order valence-electron chi connectivity index (χ0n) is 5.24. The van der Waals surface area contributed by atoms with E-state index >= 15 is 0 Å². The highest BCUT2D eigenvalue weighted by Crippen LogP contribution is 2.27. The molecule has 0 saturated carbocycles. The van der Waals surface area contributed by atoms with Crippen molar-refractivity contribution in [2.45, 2.75) is 6.10 Å². The van der Waals surface area contributed by atoms with Crippen LogP contribution in [0.15, 0.2) is 12.4 Å². The van der Waals surface area contributed by atoms with E-state index in [1.165, 1.54) is 0 Å². The second kappa shape index (κ2) is 1.57. The summed E-state index contributed by atoms with van der Waals surface area (Å²) >= 11 is 0. The lowest BCUT2D eigenvalue weighted by Crippen LogP contribution is -1.93. The van der Waals surface area contributed by atoms with E-state index in [0.717, 1.165) is 12.4 Å². The Morgan fingerprint density at radius 1 is 1.89 bits per heavy atom. The minimum absolute atomic E-state index is 0.282. The maximum absolute atomic E-state index is 5.05. The fraction of sp³-hybridized carbons (Fsp3) is 0.500. The van der Waals surface area contributed by atoms with E-state index < -0.39 is 0 Å². The van der Waals surface area contributed by atoms with Gasteiger partial charge in [0.2, 0.25) is 0 Å². The molecule has 0 unspecified atom stereocenters. The summed E-state index contributed by atoms with van der Waals surface area (Å²) in [5.74, 6) is 1.04. The number of ether oxygens (including phenoxy) is 1. The van der Waals surface area contributed by atoms with Crippen LogP contribution in [0.2, 0.25) is 0 Å². The molecule has 1 aromatic heterocycles. The van der Waals surface area contributed by atoms with Crippen LogP contribution in [0.5, 0.6) is 0 Å². The van der Waals surface area contributed by atoms with E-state index in [1.54, 1.807) is 6.20 Å². The van der Waals surface area contributed by atoms with Gasteiger partial charge in [-0.1, -0.05) is 0 Å². The fourth-order valence-electron chi connectivity index (χ4n) is 0.885. The first kappa shape index (κ1) is 4.99. The lowest BCUT2D eigenvalue weighted by Gasteiger charge is -1.92. The molecule has 48 valence electrons. The van der Waals surface area contributed by atoms with Crippen LogP contribution in [0.3, 0.4) is 0 Å². The zero-order chi connectivity index (χ0) is 6.27. The van der Waals surface area contributed by atoms with Crippen molar-refractivity contribution in [2.75, 3.05) is 6.61 Å². The van der Waals surface area contributed by atoms with Crippen LogP contribution in [-0.2, 0) is 11.8 Å². The molecule has 1 aliphatic rings. The van der Waals surface area contributed by atoms with Gasteiger partial charge in [0.15, 0.2) is 0 Å². The molecule has 1 atom stereocenters. The summed E-state index contributed by atoms with van der Waals surface area (Å²) < 4.78 is 7.03. The van der Waals surface area contributed by atoms with Crippen molar-refractivity contribution in [1.29, 1.82) is 0 Å². The van der Waals surface area contributed by atoms with Crippen LogP contribution in [0, 0.1) is 0 Å². The molecule has 3 nitrogen and oxygen atoms in total. The number of rotatable bonds is 1. The molecule has 9 heavy (non-hydrogen) atoms. The summed E-state index contributed by atoms with van der Waals surface area (Å²) in [6.07, 6.45) is 4.00. The van der Waals surface area contributed by atoms with Gasteiger partial charge in [0.25, 0.3) is 0 Å². The lowest BCUT2D eigenvalue weighted by molar-refractivity contribution is 0.402. The largest absolute Gasteiger partial charge is 0.365 e. The van der Waals surface area contributed by atoms with Crippen molar-refractivity contribution in [3.05, 3.63) is 18.2 Å². The summed E-state index contributed by atoms with van der Waals surface area (Å²) in [5.41, 5.74) is 0. The van der Waals surface area contributed by atoms with Crippen LogP contribution < -0.4 is 0 Å². The summed E-state index contributed by atoms with van der Waals surface area (Å²) in [6, 6.07) is 0. The Labute approximate surface area is 53.3 Å². The van der Waals surface area contributed by atoms with Gasteiger partial charge in [0.05, 0.1) is 6.61 Å². The Morgan fingerprint density at radius 2 is 2.67 bits per heavy atom. The third-order valence-corrected chi connectivity index (χ3v) is 1.48. The van der Waals surface area contributed by atoms with Crippen LogP contribution in [0.25, 0.3) is 0 Å². The minimum atomic E-state index is 0.282. The Morgan fingerprint density at radius 3 is 3.11 bits per heavy atom. The number of aryl methyl sites for hydroxylation is 1. The van der Waals surface area contributed by atoms with Crippen LogP contribution in [-0.4, -0.2) is 16.2 Å². The van der Waals surface area contributed by atoms with Crippen molar-refractivity contribution in [2.24, 2.45) is 7.05 Å². The van der Waals surface area contributed by atoms with E-state index in [-0.39, 0.29) is 6.10 Å². The second-order valence-corrected chi connectivity index (χ2v) is 2.22. The number of nitrogens with zero attached hydrogens (tertiary/aromatic N) is 2. The highest BCUT2D eigenvalue weighted by molar-refractivity contribution is 5.00. The average molecular weight is 124 g/mol. The van der Waals surface area contributed by atoms with Gasteiger partial charge >= 0.3 is 0 Å². The monoisotopic (exact) mass is 124 g/mol. The zero-order valence-corrected chi connectivity index (χ0v) is 5.24. The molecular weight excluding hydrogens is 116 g/mol. The van der Waals surface area contributed by atoms with Gasteiger partial charge in [0.1, 0.15) is 11.9 Å². The third-order valence-electron chi connectivity index (χ3n) is 1.48. The first-order chi connectivity index (χ1) is 4.38. The van der Waals surface area contributed by atoms with Gasteiger partial charge in [-0.25, -0.2) is 4.98 Å². The summed E-state index contributed by atoms with van der Waals surface area (Å²) in [7, 11) is 1.98. The average Bonchev–Trinajstić information content (AvgIpc) is 2.58. The maximum Gasteiger partial charge on any atom is 0.140 e. The highest BCUT2D eigenvalue weighted by atomic mass is 16.6. The SMILES string of the molecule is Cn1ccnc1[C@@H]1CO1. The number of hydrogen-bond donors (Lipinski definition) is 0. The third kappa shape index (κ3) is 0.733. The van der Waals surface area contributed by atoms with E-state index in [2.05, 4.69) is 4.98 Å². The summed E-state index contributed by atoms with van der Waals surface area (Å²) in [6.45, 7) is 0.838.